The minimum atomic E-state index is 0.108. The van der Waals surface area contributed by atoms with Gasteiger partial charge in [0.2, 0.25) is 0 Å². The first kappa shape index (κ1) is 18.5. The fraction of sp³-hybridized carbons (Fsp3) is 0.261. The first-order chi connectivity index (χ1) is 13.1. The van der Waals surface area contributed by atoms with Gasteiger partial charge in [-0.05, 0) is 78.6 Å². The summed E-state index contributed by atoms with van der Waals surface area (Å²) in [7, 11) is 0. The molecule has 0 fully saturated rings. The molecule has 1 amide bonds. The number of benzene rings is 2. The van der Waals surface area contributed by atoms with E-state index in [-0.39, 0.29) is 11.9 Å². The zero-order valence-corrected chi connectivity index (χ0v) is 17.7. The number of thiophene rings is 1. The molecule has 1 heterocycles. The van der Waals surface area contributed by atoms with Gasteiger partial charge < -0.3 is 4.90 Å². The largest absolute Gasteiger partial charge is 0.326 e. The van der Waals surface area contributed by atoms with E-state index in [1.165, 1.54) is 21.6 Å². The molecule has 3 aromatic rings. The van der Waals surface area contributed by atoms with Gasteiger partial charge in [0.1, 0.15) is 0 Å². The van der Waals surface area contributed by atoms with E-state index >= 15 is 0 Å². The molecule has 0 spiro atoms. The SMILES string of the molecule is Cc1ccsc1CN(C(=O)c1ccc(Br)cc1)C1CCCc2ccccc21. The molecule has 2 aromatic carbocycles. The van der Waals surface area contributed by atoms with Crippen LogP contribution in [0, 0.1) is 6.92 Å². The van der Waals surface area contributed by atoms with Gasteiger partial charge in [0.05, 0.1) is 12.6 Å². The summed E-state index contributed by atoms with van der Waals surface area (Å²) < 4.78 is 0.989. The summed E-state index contributed by atoms with van der Waals surface area (Å²) in [6.45, 7) is 2.79. The van der Waals surface area contributed by atoms with E-state index in [0.717, 1.165) is 29.3 Å². The fourth-order valence-corrected chi connectivity index (χ4v) is 5.02. The van der Waals surface area contributed by atoms with Crippen molar-refractivity contribution in [2.75, 3.05) is 0 Å². The molecule has 27 heavy (non-hydrogen) atoms. The Kier molecular flexibility index (Phi) is 5.46. The zero-order chi connectivity index (χ0) is 18.8. The lowest BCUT2D eigenvalue weighted by Gasteiger charge is -2.36. The summed E-state index contributed by atoms with van der Waals surface area (Å²) >= 11 is 5.20. The molecule has 4 rings (SSSR count). The number of aryl methyl sites for hydroxylation is 2. The lowest BCUT2D eigenvalue weighted by atomic mass is 9.86. The molecule has 4 heteroatoms. The topological polar surface area (TPSA) is 20.3 Å². The smallest absolute Gasteiger partial charge is 0.254 e. The summed E-state index contributed by atoms with van der Waals surface area (Å²) in [4.78, 5) is 16.9. The molecule has 0 saturated heterocycles. The van der Waals surface area contributed by atoms with Gasteiger partial charge in [-0.25, -0.2) is 0 Å². The van der Waals surface area contributed by atoms with Gasteiger partial charge in [-0.2, -0.15) is 0 Å². The van der Waals surface area contributed by atoms with Crippen molar-refractivity contribution >= 4 is 33.2 Å². The highest BCUT2D eigenvalue weighted by Gasteiger charge is 2.30. The van der Waals surface area contributed by atoms with Gasteiger partial charge in [-0.1, -0.05) is 40.2 Å². The summed E-state index contributed by atoms with van der Waals surface area (Å²) in [5.41, 5.74) is 4.70. The fourth-order valence-electron chi connectivity index (χ4n) is 3.85. The lowest BCUT2D eigenvalue weighted by Crippen LogP contribution is -2.36. The summed E-state index contributed by atoms with van der Waals surface area (Å²) in [5, 5.41) is 2.11. The normalized spacial score (nSPS) is 16.0. The maximum atomic E-state index is 13.5. The number of rotatable bonds is 4. The number of fused-ring (bicyclic) bond motifs is 1. The Morgan fingerprint density at radius 3 is 2.67 bits per heavy atom. The van der Waals surface area contributed by atoms with Crippen LogP contribution < -0.4 is 0 Å². The molecule has 2 nitrogen and oxygen atoms in total. The molecule has 0 N–H and O–H groups in total. The maximum Gasteiger partial charge on any atom is 0.254 e. The van der Waals surface area contributed by atoms with Crippen molar-refractivity contribution in [3.63, 3.8) is 0 Å². The highest BCUT2D eigenvalue weighted by atomic mass is 79.9. The third-order valence-corrected chi connectivity index (χ3v) is 6.88. The first-order valence-corrected chi connectivity index (χ1v) is 11.0. The zero-order valence-electron chi connectivity index (χ0n) is 15.3. The van der Waals surface area contributed by atoms with E-state index in [9.17, 15) is 4.79 Å². The number of carbonyl (C=O) groups excluding carboxylic acids is 1. The van der Waals surface area contributed by atoms with Crippen molar-refractivity contribution in [3.05, 3.63) is 91.6 Å². The second-order valence-electron chi connectivity index (χ2n) is 7.07. The molecule has 1 unspecified atom stereocenters. The minimum Gasteiger partial charge on any atom is -0.326 e. The van der Waals surface area contributed by atoms with Crippen molar-refractivity contribution in [1.82, 2.24) is 4.90 Å². The number of halogens is 1. The lowest BCUT2D eigenvalue weighted by molar-refractivity contribution is 0.0640. The molecule has 138 valence electrons. The predicted octanol–water partition coefficient (Wildman–Crippen LogP) is 6.54. The standard InChI is InChI=1S/C23H22BrNOS/c1-16-13-14-27-22(16)15-25(23(26)18-9-11-19(24)12-10-18)21-8-4-6-17-5-2-3-7-20(17)21/h2-3,5,7,9-14,21H,4,6,8,15H2,1H3. The third kappa shape index (κ3) is 3.87. The Bertz CT molecular complexity index is 947. The van der Waals surface area contributed by atoms with Crippen LogP contribution >= 0.6 is 27.3 Å². The van der Waals surface area contributed by atoms with Gasteiger partial charge in [0.15, 0.2) is 0 Å². The van der Waals surface area contributed by atoms with E-state index in [1.54, 1.807) is 11.3 Å². The first-order valence-electron chi connectivity index (χ1n) is 9.31. The van der Waals surface area contributed by atoms with Crippen molar-refractivity contribution in [3.8, 4) is 0 Å². The number of hydrogen-bond donors (Lipinski definition) is 0. The van der Waals surface area contributed by atoms with Crippen LogP contribution in [0.5, 0.6) is 0 Å². The molecule has 0 aliphatic heterocycles. The average molecular weight is 440 g/mol. The Morgan fingerprint density at radius 1 is 1.15 bits per heavy atom. The van der Waals surface area contributed by atoms with E-state index in [1.807, 2.05) is 24.3 Å². The van der Waals surface area contributed by atoms with Crippen LogP contribution in [-0.2, 0) is 13.0 Å². The molecule has 0 saturated carbocycles. The van der Waals surface area contributed by atoms with Crippen LogP contribution in [0.2, 0.25) is 0 Å². The number of amides is 1. The van der Waals surface area contributed by atoms with E-state index in [4.69, 9.17) is 0 Å². The van der Waals surface area contributed by atoms with E-state index < -0.39 is 0 Å². The Balaban J connectivity index is 1.73. The van der Waals surface area contributed by atoms with Crippen LogP contribution in [-0.4, -0.2) is 10.8 Å². The number of carbonyl (C=O) groups is 1. The highest BCUT2D eigenvalue weighted by Crippen LogP contribution is 2.37. The van der Waals surface area contributed by atoms with Crippen molar-refractivity contribution < 1.29 is 4.79 Å². The summed E-state index contributed by atoms with van der Waals surface area (Å²) in [6.07, 6.45) is 3.24. The predicted molar refractivity (Wildman–Crippen MR) is 115 cm³/mol. The highest BCUT2D eigenvalue weighted by molar-refractivity contribution is 9.10. The second-order valence-corrected chi connectivity index (χ2v) is 8.99. The summed E-state index contributed by atoms with van der Waals surface area (Å²) in [5.74, 6) is 0.108. The number of nitrogens with zero attached hydrogens (tertiary/aromatic N) is 1. The second kappa shape index (κ2) is 7.99. The van der Waals surface area contributed by atoms with Gasteiger partial charge in [-0.3, -0.25) is 4.79 Å². The van der Waals surface area contributed by atoms with E-state index in [0.29, 0.717) is 6.54 Å². The van der Waals surface area contributed by atoms with Crippen LogP contribution in [0.1, 0.15) is 50.8 Å². The third-order valence-electron chi connectivity index (χ3n) is 5.35. The molecule has 1 atom stereocenters. The van der Waals surface area contributed by atoms with Gasteiger partial charge in [0, 0.05) is 14.9 Å². The Labute approximate surface area is 173 Å². The van der Waals surface area contributed by atoms with Crippen LogP contribution in [0.4, 0.5) is 0 Å². The molecular weight excluding hydrogens is 418 g/mol. The monoisotopic (exact) mass is 439 g/mol. The van der Waals surface area contributed by atoms with Crippen molar-refractivity contribution in [2.24, 2.45) is 0 Å². The van der Waals surface area contributed by atoms with E-state index in [2.05, 4.69) is 63.5 Å². The molecular formula is C23H22BrNOS. The summed E-state index contributed by atoms with van der Waals surface area (Å²) in [6, 6.07) is 18.6. The minimum absolute atomic E-state index is 0.108. The van der Waals surface area contributed by atoms with Gasteiger partial charge >= 0.3 is 0 Å². The molecule has 1 aliphatic rings. The van der Waals surface area contributed by atoms with Gasteiger partial charge in [-0.15, -0.1) is 11.3 Å². The molecule has 0 radical (unpaired) electrons. The Morgan fingerprint density at radius 2 is 1.93 bits per heavy atom. The van der Waals surface area contributed by atoms with Crippen molar-refractivity contribution in [2.45, 2.75) is 38.8 Å². The maximum absolute atomic E-state index is 13.5. The van der Waals surface area contributed by atoms with Crippen LogP contribution in [0.25, 0.3) is 0 Å². The van der Waals surface area contributed by atoms with Crippen LogP contribution in [0.3, 0.4) is 0 Å². The molecule has 1 aromatic heterocycles. The molecule has 0 bridgehead atoms. The van der Waals surface area contributed by atoms with Crippen LogP contribution in [0.15, 0.2) is 64.5 Å². The van der Waals surface area contributed by atoms with Crippen molar-refractivity contribution in [1.29, 1.82) is 0 Å². The average Bonchev–Trinajstić information content (AvgIpc) is 3.10. The quantitative estimate of drug-likeness (QED) is 0.451. The molecule has 1 aliphatic carbocycles. The number of hydrogen-bond acceptors (Lipinski definition) is 2. The van der Waals surface area contributed by atoms with Gasteiger partial charge in [0.25, 0.3) is 5.91 Å². The Hall–Kier alpha value is -1.91.